The second-order valence-corrected chi connectivity index (χ2v) is 13.1. The molecule has 6 rings (SSSR count). The maximum absolute atomic E-state index is 14.1. The molecular weight excluding hydrogens is 700 g/mol. The van der Waals surface area contributed by atoms with Crippen LogP contribution in [0.5, 0.6) is 11.5 Å². The molecule has 4 aromatic rings. The Bertz CT molecular complexity index is 2040. The van der Waals surface area contributed by atoms with Crippen LogP contribution in [0.15, 0.2) is 76.6 Å². The number of thioether (sulfide) groups is 1. The van der Waals surface area contributed by atoms with Crippen molar-refractivity contribution in [1.82, 2.24) is 4.57 Å². The van der Waals surface area contributed by atoms with Gasteiger partial charge in [0.1, 0.15) is 11.8 Å². The van der Waals surface area contributed by atoms with E-state index in [1.165, 1.54) is 26.4 Å². The lowest BCUT2D eigenvalue weighted by Crippen LogP contribution is -2.33. The Morgan fingerprint density at radius 2 is 1.57 bits per heavy atom. The first kappa shape index (κ1) is 34.1. The quantitative estimate of drug-likeness (QED) is 0.174. The third kappa shape index (κ3) is 6.16. The lowest BCUT2D eigenvalue weighted by Gasteiger charge is -2.31. The molecule has 1 fully saturated rings. The van der Waals surface area contributed by atoms with E-state index < -0.39 is 75.4 Å². The van der Waals surface area contributed by atoms with Gasteiger partial charge in [-0.15, -0.1) is 0 Å². The van der Waals surface area contributed by atoms with Gasteiger partial charge in [-0.1, -0.05) is 47.4 Å². The van der Waals surface area contributed by atoms with E-state index in [1.807, 2.05) is 0 Å². The Hall–Kier alpha value is -4.77. The highest BCUT2D eigenvalue weighted by molar-refractivity contribution is 8.00. The number of anilines is 2. The average molecular weight is 724 g/mol. The Balaban J connectivity index is 1.43. The van der Waals surface area contributed by atoms with Crippen LogP contribution < -0.4 is 24.6 Å². The topological polar surface area (TPSA) is 107 Å². The van der Waals surface area contributed by atoms with E-state index in [1.54, 1.807) is 18.2 Å². The minimum absolute atomic E-state index is 0.113. The molecule has 2 unspecified atom stereocenters. The van der Waals surface area contributed by atoms with Crippen LogP contribution in [0, 0.1) is 5.92 Å². The summed E-state index contributed by atoms with van der Waals surface area (Å²) in [6.45, 7) is -0.737. The molecule has 2 aliphatic heterocycles. The Morgan fingerprint density at radius 1 is 0.857 bits per heavy atom. The van der Waals surface area contributed by atoms with Gasteiger partial charge in [0, 0.05) is 10.8 Å². The summed E-state index contributed by atoms with van der Waals surface area (Å²) in [5, 5.41) is 1.06. The number of halogens is 6. The highest BCUT2D eigenvalue weighted by atomic mass is 32.2. The molecule has 0 spiro atoms. The fourth-order valence-electron chi connectivity index (χ4n) is 5.91. The Labute approximate surface area is 281 Å². The smallest absolute Gasteiger partial charge is 0.418 e. The summed E-state index contributed by atoms with van der Waals surface area (Å²) in [5.74, 6) is -4.25. The summed E-state index contributed by atoms with van der Waals surface area (Å²) in [6, 6.07) is 12.7. The van der Waals surface area contributed by atoms with E-state index in [4.69, 9.17) is 9.47 Å². The van der Waals surface area contributed by atoms with Gasteiger partial charge in [0.05, 0.1) is 47.7 Å². The van der Waals surface area contributed by atoms with Crippen molar-refractivity contribution in [1.29, 1.82) is 0 Å². The number of ether oxygens (including phenoxy) is 2. The largest absolute Gasteiger partial charge is 0.493 e. The van der Waals surface area contributed by atoms with Crippen LogP contribution in [0.25, 0.3) is 0 Å². The van der Waals surface area contributed by atoms with Gasteiger partial charge in [-0.25, -0.2) is 4.90 Å². The van der Waals surface area contributed by atoms with E-state index in [0.717, 1.165) is 46.7 Å². The van der Waals surface area contributed by atoms with Crippen LogP contribution in [0.1, 0.15) is 27.5 Å². The molecule has 0 bridgehead atoms. The van der Waals surface area contributed by atoms with Crippen LogP contribution >= 0.6 is 23.1 Å². The molecular formula is C32H23F6N3O6S2. The van der Waals surface area contributed by atoms with Crippen LogP contribution in [-0.2, 0) is 33.3 Å². The van der Waals surface area contributed by atoms with E-state index >= 15 is 0 Å². The monoisotopic (exact) mass is 723 g/mol. The molecule has 2 aliphatic rings. The highest BCUT2D eigenvalue weighted by Crippen LogP contribution is 2.54. The molecule has 17 heteroatoms. The van der Waals surface area contributed by atoms with Gasteiger partial charge in [0.25, 0.3) is 0 Å². The molecule has 3 atom stereocenters. The first-order valence-corrected chi connectivity index (χ1v) is 16.0. The van der Waals surface area contributed by atoms with Crippen LogP contribution in [-0.4, -0.2) is 41.8 Å². The lowest BCUT2D eigenvalue weighted by atomic mass is 9.83. The molecule has 9 nitrogen and oxygen atoms in total. The summed E-state index contributed by atoms with van der Waals surface area (Å²) in [4.78, 5) is 54.8. The zero-order chi connectivity index (χ0) is 35.4. The third-order valence-corrected chi connectivity index (χ3v) is 10.7. The number of carbonyl (C=O) groups is 3. The molecule has 1 saturated heterocycles. The van der Waals surface area contributed by atoms with Gasteiger partial charge in [0.2, 0.25) is 17.7 Å². The van der Waals surface area contributed by atoms with Gasteiger partial charge in [-0.2, -0.15) is 26.3 Å². The van der Waals surface area contributed by atoms with E-state index in [0.29, 0.717) is 33.6 Å². The van der Waals surface area contributed by atoms with Crippen LogP contribution in [0.4, 0.5) is 37.7 Å². The minimum Gasteiger partial charge on any atom is -0.493 e. The molecule has 1 aromatic heterocycles. The van der Waals surface area contributed by atoms with Crippen molar-refractivity contribution in [3.8, 4) is 11.5 Å². The van der Waals surface area contributed by atoms with Gasteiger partial charge < -0.3 is 14.8 Å². The van der Waals surface area contributed by atoms with Crippen molar-refractivity contribution in [2.75, 3.05) is 24.4 Å². The first-order valence-electron chi connectivity index (χ1n) is 14.3. The maximum Gasteiger partial charge on any atom is 0.418 e. The van der Waals surface area contributed by atoms with Gasteiger partial charge >= 0.3 is 17.2 Å². The number of fused-ring (bicyclic) bond motifs is 2. The number of alkyl halides is 6. The minimum atomic E-state index is -4.78. The number of methoxy groups -OCH3 is 2. The van der Waals surface area contributed by atoms with E-state index in [-0.39, 0.29) is 21.3 Å². The number of rotatable bonds is 7. The molecule has 0 aliphatic carbocycles. The number of amides is 3. The number of para-hydroxylation sites is 1. The summed E-state index contributed by atoms with van der Waals surface area (Å²) in [6.07, 6.45) is -9.53. The molecule has 0 saturated carbocycles. The standard InChI is InChI=1S/C32H23F6N3O6S2/c1-46-20-11-10-15(12-21(20)47-2)23-24-25(28(44)41(27(24)43)17-7-5-6-16(13-17)31(33,34)35)48-29-26(23)49-30(45)40(29)14-22(42)39-19-9-4-3-8-18(19)32(36,37)38/h3-13,23-25H,14H2,1-2H3,(H,39,42)/t23-,24?,25?/m1/s1. The van der Waals surface area contributed by atoms with Crippen molar-refractivity contribution < 1.29 is 50.2 Å². The molecule has 3 aromatic carbocycles. The normalized spacial score (nSPS) is 19.0. The molecule has 1 N–H and O–H groups in total. The number of carbonyl (C=O) groups excluding carboxylic acids is 3. The Morgan fingerprint density at radius 3 is 2.24 bits per heavy atom. The number of thiazole rings is 1. The van der Waals surface area contributed by atoms with Crippen molar-refractivity contribution in [2.24, 2.45) is 5.92 Å². The molecule has 3 amide bonds. The fourth-order valence-corrected chi connectivity index (χ4v) is 8.68. The predicted molar refractivity (Wildman–Crippen MR) is 167 cm³/mol. The van der Waals surface area contributed by atoms with Crippen LogP contribution in [0.3, 0.4) is 0 Å². The molecule has 256 valence electrons. The molecule has 49 heavy (non-hydrogen) atoms. The summed E-state index contributed by atoms with van der Waals surface area (Å²) >= 11 is 1.47. The molecule has 3 heterocycles. The number of hydrogen-bond acceptors (Lipinski definition) is 8. The van der Waals surface area contributed by atoms with E-state index in [2.05, 4.69) is 5.32 Å². The van der Waals surface area contributed by atoms with Crippen molar-refractivity contribution in [2.45, 2.75) is 35.1 Å². The van der Waals surface area contributed by atoms with Gasteiger partial charge in [-0.3, -0.25) is 23.7 Å². The van der Waals surface area contributed by atoms with Crippen LogP contribution in [0.2, 0.25) is 0 Å². The van der Waals surface area contributed by atoms with Crippen molar-refractivity contribution in [3.63, 3.8) is 0 Å². The van der Waals surface area contributed by atoms with Crippen molar-refractivity contribution >= 4 is 52.2 Å². The summed E-state index contributed by atoms with van der Waals surface area (Å²) in [7, 11) is 2.77. The zero-order valence-corrected chi connectivity index (χ0v) is 26.9. The number of nitrogens with one attached hydrogen (secondary N) is 1. The second-order valence-electron chi connectivity index (χ2n) is 10.9. The zero-order valence-electron chi connectivity index (χ0n) is 25.2. The number of benzene rings is 3. The predicted octanol–water partition coefficient (Wildman–Crippen LogP) is 6.40. The maximum atomic E-state index is 14.1. The fraction of sp³-hybridized carbons (Fsp3) is 0.250. The number of nitrogens with zero attached hydrogens (tertiary/aromatic N) is 2. The molecule has 0 radical (unpaired) electrons. The van der Waals surface area contributed by atoms with Gasteiger partial charge in [0.15, 0.2) is 11.5 Å². The number of hydrogen-bond donors (Lipinski definition) is 1. The first-order chi connectivity index (χ1) is 23.1. The third-order valence-electron chi connectivity index (χ3n) is 8.06. The van der Waals surface area contributed by atoms with E-state index in [9.17, 15) is 45.5 Å². The average Bonchev–Trinajstić information content (AvgIpc) is 3.49. The summed E-state index contributed by atoms with van der Waals surface area (Å²) in [5.41, 5.74) is -2.59. The SMILES string of the molecule is COc1ccc([C@H]2c3sc(=O)n(CC(=O)Nc4ccccc4C(F)(F)F)c3SC3C(=O)N(c4cccc(C(F)(F)F)c4)C(=O)C32)cc1OC. The lowest BCUT2D eigenvalue weighted by molar-refractivity contribution is -0.138. The second kappa shape index (κ2) is 12.6. The van der Waals surface area contributed by atoms with Gasteiger partial charge in [-0.05, 0) is 48.0 Å². The Kier molecular flexibility index (Phi) is 8.77. The number of imide groups is 1. The number of aromatic nitrogens is 1. The highest BCUT2D eigenvalue weighted by Gasteiger charge is 2.57. The van der Waals surface area contributed by atoms with Crippen molar-refractivity contribution in [3.05, 3.63) is 98.0 Å². The summed E-state index contributed by atoms with van der Waals surface area (Å²) < 4.78 is 93.1.